The first-order valence-electron chi connectivity index (χ1n) is 6.34. The van der Waals surface area contributed by atoms with Gasteiger partial charge in [-0.05, 0) is 12.8 Å². The molecule has 6 heteroatoms. The lowest BCUT2D eigenvalue weighted by Gasteiger charge is -2.07. The van der Waals surface area contributed by atoms with Gasteiger partial charge in [-0.2, -0.15) is 0 Å². The highest BCUT2D eigenvalue weighted by atomic mass is 16.5. The van der Waals surface area contributed by atoms with Crippen LogP contribution in [0.4, 0.5) is 0 Å². The minimum Gasteiger partial charge on any atom is -0.383 e. The van der Waals surface area contributed by atoms with Crippen molar-refractivity contribution in [2.45, 2.75) is 12.8 Å². The Morgan fingerprint density at radius 3 is 2.44 bits per heavy atom. The summed E-state index contributed by atoms with van der Waals surface area (Å²) in [5, 5.41) is 5.82. The zero-order valence-electron chi connectivity index (χ0n) is 11.5. The number of hydrogen-bond donors (Lipinski definition) is 2. The van der Waals surface area contributed by atoms with Crippen molar-refractivity contribution in [3.8, 4) is 0 Å². The summed E-state index contributed by atoms with van der Waals surface area (Å²) in [7, 11) is 3.29. The molecule has 0 saturated carbocycles. The monoisotopic (exact) mass is 262 g/mol. The second kappa shape index (κ2) is 14.4. The van der Waals surface area contributed by atoms with E-state index in [0.717, 1.165) is 12.8 Å². The smallest absolute Gasteiger partial charge is 0.233 e. The highest BCUT2D eigenvalue weighted by molar-refractivity contribution is 5.77. The van der Waals surface area contributed by atoms with Gasteiger partial charge in [0.25, 0.3) is 0 Å². The summed E-state index contributed by atoms with van der Waals surface area (Å²) >= 11 is 0. The fourth-order valence-corrected chi connectivity index (χ4v) is 1.24. The molecular weight excluding hydrogens is 236 g/mol. The fourth-order valence-electron chi connectivity index (χ4n) is 1.24. The summed E-state index contributed by atoms with van der Waals surface area (Å²) in [6.45, 7) is 4.32. The number of amides is 1. The van der Waals surface area contributed by atoms with E-state index in [0.29, 0.717) is 46.1 Å². The number of methoxy groups -OCH3 is 2. The van der Waals surface area contributed by atoms with Crippen molar-refractivity contribution in [2.75, 3.05) is 60.3 Å². The summed E-state index contributed by atoms with van der Waals surface area (Å²) < 4.78 is 15.0. The van der Waals surface area contributed by atoms with E-state index < -0.39 is 0 Å². The predicted molar refractivity (Wildman–Crippen MR) is 69.7 cm³/mol. The zero-order valence-corrected chi connectivity index (χ0v) is 11.5. The Bertz CT molecular complexity index is 191. The molecule has 0 aromatic heterocycles. The van der Waals surface area contributed by atoms with Gasteiger partial charge in [-0.25, -0.2) is 0 Å². The first-order valence-corrected chi connectivity index (χ1v) is 6.34. The van der Waals surface area contributed by atoms with Crippen LogP contribution in [0.3, 0.4) is 0 Å². The van der Waals surface area contributed by atoms with Crippen LogP contribution in [0.1, 0.15) is 12.8 Å². The van der Waals surface area contributed by atoms with E-state index in [2.05, 4.69) is 10.6 Å². The van der Waals surface area contributed by atoms with Crippen LogP contribution < -0.4 is 10.6 Å². The summed E-state index contributed by atoms with van der Waals surface area (Å²) in [5.41, 5.74) is 0. The lowest BCUT2D eigenvalue weighted by molar-refractivity contribution is -0.120. The van der Waals surface area contributed by atoms with Gasteiger partial charge in [0.2, 0.25) is 5.91 Å². The standard InChI is InChI=1S/C12H26N2O4/c1-16-8-6-13-11-12(15)14-5-3-4-7-18-10-9-17-2/h13H,3-11H2,1-2H3,(H,14,15). The Morgan fingerprint density at radius 1 is 0.944 bits per heavy atom. The van der Waals surface area contributed by atoms with Gasteiger partial charge in [0, 0.05) is 33.9 Å². The molecule has 0 atom stereocenters. The fraction of sp³-hybridized carbons (Fsp3) is 0.917. The number of ether oxygens (including phenoxy) is 3. The molecule has 0 unspecified atom stereocenters. The van der Waals surface area contributed by atoms with Gasteiger partial charge in [-0.1, -0.05) is 0 Å². The average molecular weight is 262 g/mol. The van der Waals surface area contributed by atoms with Gasteiger partial charge >= 0.3 is 0 Å². The topological polar surface area (TPSA) is 68.8 Å². The molecule has 108 valence electrons. The van der Waals surface area contributed by atoms with Crippen molar-refractivity contribution in [3.05, 3.63) is 0 Å². The van der Waals surface area contributed by atoms with Gasteiger partial charge in [0.05, 0.1) is 26.4 Å². The lowest BCUT2D eigenvalue weighted by atomic mass is 10.3. The SMILES string of the molecule is COCCNCC(=O)NCCCCOCCOC. The van der Waals surface area contributed by atoms with E-state index in [1.165, 1.54) is 0 Å². The third-order valence-corrected chi connectivity index (χ3v) is 2.24. The molecule has 0 radical (unpaired) electrons. The Kier molecular flexibility index (Phi) is 13.8. The number of rotatable bonds is 13. The summed E-state index contributed by atoms with van der Waals surface area (Å²) in [4.78, 5) is 11.3. The van der Waals surface area contributed by atoms with E-state index in [1.807, 2.05) is 0 Å². The Balaban J connectivity index is 3.10. The van der Waals surface area contributed by atoms with Crippen LogP contribution in [0.25, 0.3) is 0 Å². The molecule has 0 aromatic rings. The molecule has 0 aromatic carbocycles. The molecule has 0 rings (SSSR count). The van der Waals surface area contributed by atoms with Crippen molar-refractivity contribution in [3.63, 3.8) is 0 Å². The molecule has 0 bridgehead atoms. The van der Waals surface area contributed by atoms with E-state index in [1.54, 1.807) is 14.2 Å². The zero-order chi connectivity index (χ0) is 13.5. The predicted octanol–water partition coefficient (Wildman–Crippen LogP) is -0.218. The van der Waals surface area contributed by atoms with Gasteiger partial charge in [0.15, 0.2) is 0 Å². The Hall–Kier alpha value is -0.690. The van der Waals surface area contributed by atoms with Crippen molar-refractivity contribution in [1.29, 1.82) is 0 Å². The van der Waals surface area contributed by atoms with E-state index in [9.17, 15) is 4.79 Å². The van der Waals surface area contributed by atoms with Gasteiger partial charge < -0.3 is 24.8 Å². The van der Waals surface area contributed by atoms with E-state index in [4.69, 9.17) is 14.2 Å². The third kappa shape index (κ3) is 13.4. The maximum atomic E-state index is 11.3. The summed E-state index contributed by atoms with van der Waals surface area (Å²) in [6.07, 6.45) is 1.87. The van der Waals surface area contributed by atoms with E-state index in [-0.39, 0.29) is 5.91 Å². The molecule has 0 aliphatic carbocycles. The number of unbranched alkanes of at least 4 members (excludes halogenated alkanes) is 1. The molecule has 0 heterocycles. The molecular formula is C12H26N2O4. The van der Waals surface area contributed by atoms with Crippen LogP contribution in [-0.2, 0) is 19.0 Å². The van der Waals surface area contributed by atoms with Crippen LogP contribution in [0.2, 0.25) is 0 Å². The molecule has 1 amide bonds. The van der Waals surface area contributed by atoms with Crippen LogP contribution in [0.15, 0.2) is 0 Å². The molecule has 0 fully saturated rings. The third-order valence-electron chi connectivity index (χ3n) is 2.24. The van der Waals surface area contributed by atoms with Gasteiger partial charge in [-0.15, -0.1) is 0 Å². The van der Waals surface area contributed by atoms with Gasteiger partial charge in [0.1, 0.15) is 0 Å². The number of nitrogens with one attached hydrogen (secondary N) is 2. The first kappa shape index (κ1) is 17.3. The largest absolute Gasteiger partial charge is 0.383 e. The lowest BCUT2D eigenvalue weighted by Crippen LogP contribution is -2.35. The Morgan fingerprint density at radius 2 is 1.72 bits per heavy atom. The van der Waals surface area contributed by atoms with Crippen LogP contribution >= 0.6 is 0 Å². The molecule has 0 spiro atoms. The second-order valence-corrected chi connectivity index (χ2v) is 3.83. The molecule has 2 N–H and O–H groups in total. The maximum Gasteiger partial charge on any atom is 0.233 e. The molecule has 6 nitrogen and oxygen atoms in total. The van der Waals surface area contributed by atoms with Crippen molar-refractivity contribution in [1.82, 2.24) is 10.6 Å². The second-order valence-electron chi connectivity index (χ2n) is 3.83. The number of carbonyl (C=O) groups excluding carboxylic acids is 1. The number of carbonyl (C=O) groups is 1. The molecule has 0 aliphatic heterocycles. The molecule has 0 saturated heterocycles. The number of hydrogen-bond acceptors (Lipinski definition) is 5. The van der Waals surface area contributed by atoms with Gasteiger partial charge in [-0.3, -0.25) is 4.79 Å². The minimum atomic E-state index is 0.0198. The van der Waals surface area contributed by atoms with Crippen molar-refractivity contribution in [2.24, 2.45) is 0 Å². The van der Waals surface area contributed by atoms with Crippen LogP contribution in [-0.4, -0.2) is 66.2 Å². The average Bonchev–Trinajstić information content (AvgIpc) is 2.38. The Labute approximate surface area is 109 Å². The summed E-state index contributed by atoms with van der Waals surface area (Å²) in [6, 6.07) is 0. The highest BCUT2D eigenvalue weighted by Gasteiger charge is 1.98. The maximum absolute atomic E-state index is 11.3. The quantitative estimate of drug-likeness (QED) is 0.449. The van der Waals surface area contributed by atoms with E-state index >= 15 is 0 Å². The van der Waals surface area contributed by atoms with Crippen LogP contribution in [0, 0.1) is 0 Å². The van der Waals surface area contributed by atoms with Crippen LogP contribution in [0.5, 0.6) is 0 Å². The van der Waals surface area contributed by atoms with Crippen molar-refractivity contribution >= 4 is 5.91 Å². The minimum absolute atomic E-state index is 0.0198. The summed E-state index contributed by atoms with van der Waals surface area (Å²) in [5.74, 6) is 0.0198. The highest BCUT2D eigenvalue weighted by Crippen LogP contribution is 1.88. The molecule has 18 heavy (non-hydrogen) atoms. The van der Waals surface area contributed by atoms with Crippen molar-refractivity contribution < 1.29 is 19.0 Å². The molecule has 0 aliphatic rings. The normalized spacial score (nSPS) is 10.6. The first-order chi connectivity index (χ1) is 8.81.